The van der Waals surface area contributed by atoms with Crippen LogP contribution >= 0.6 is 0 Å². The second kappa shape index (κ2) is 6.71. The smallest absolute Gasteiger partial charge is 0.139 e. The minimum atomic E-state index is 0.964. The molecular formula is C19H23N5. The van der Waals surface area contributed by atoms with Crippen LogP contribution in [0.25, 0.3) is 5.65 Å². The van der Waals surface area contributed by atoms with Gasteiger partial charge in [0.15, 0.2) is 0 Å². The Labute approximate surface area is 142 Å². The third-order valence-corrected chi connectivity index (χ3v) is 4.79. The molecule has 5 nitrogen and oxygen atoms in total. The number of aromatic nitrogens is 3. The van der Waals surface area contributed by atoms with E-state index in [2.05, 4.69) is 55.5 Å². The molecule has 0 amide bonds. The van der Waals surface area contributed by atoms with Gasteiger partial charge in [0.25, 0.3) is 0 Å². The van der Waals surface area contributed by atoms with E-state index >= 15 is 0 Å². The van der Waals surface area contributed by atoms with Crippen molar-refractivity contribution in [3.63, 3.8) is 0 Å². The molecule has 3 aromatic rings. The van der Waals surface area contributed by atoms with Crippen molar-refractivity contribution < 1.29 is 0 Å². The lowest BCUT2D eigenvalue weighted by Crippen LogP contribution is -2.45. The van der Waals surface area contributed by atoms with Gasteiger partial charge in [0, 0.05) is 57.9 Å². The molecule has 4 rings (SSSR count). The molecule has 0 saturated carbocycles. The van der Waals surface area contributed by atoms with Crippen molar-refractivity contribution in [2.24, 2.45) is 0 Å². The molecule has 0 unspecified atom stereocenters. The van der Waals surface area contributed by atoms with Gasteiger partial charge in [-0.3, -0.25) is 14.8 Å². The molecule has 4 heterocycles. The average molecular weight is 321 g/mol. The van der Waals surface area contributed by atoms with E-state index in [1.165, 1.54) is 16.8 Å². The normalized spacial score (nSPS) is 16.7. The number of hydrogen-bond acceptors (Lipinski definition) is 4. The van der Waals surface area contributed by atoms with Gasteiger partial charge in [0.1, 0.15) is 5.65 Å². The van der Waals surface area contributed by atoms with Crippen LogP contribution in [0.3, 0.4) is 0 Å². The highest BCUT2D eigenvalue weighted by atomic mass is 15.3. The predicted molar refractivity (Wildman–Crippen MR) is 94.7 cm³/mol. The topological polar surface area (TPSA) is 36.7 Å². The minimum Gasteiger partial charge on any atom is -0.303 e. The Morgan fingerprint density at radius 2 is 1.75 bits per heavy atom. The number of hydrogen-bond donors (Lipinski definition) is 0. The molecule has 124 valence electrons. The van der Waals surface area contributed by atoms with Crippen LogP contribution in [0.1, 0.15) is 16.8 Å². The van der Waals surface area contributed by atoms with E-state index in [9.17, 15) is 0 Å². The Morgan fingerprint density at radius 1 is 0.958 bits per heavy atom. The van der Waals surface area contributed by atoms with Crippen molar-refractivity contribution >= 4 is 5.65 Å². The largest absolute Gasteiger partial charge is 0.303 e. The van der Waals surface area contributed by atoms with Gasteiger partial charge in [0.05, 0.1) is 11.9 Å². The maximum Gasteiger partial charge on any atom is 0.139 e. The monoisotopic (exact) mass is 321 g/mol. The quantitative estimate of drug-likeness (QED) is 0.739. The van der Waals surface area contributed by atoms with E-state index in [0.717, 1.165) is 44.9 Å². The summed E-state index contributed by atoms with van der Waals surface area (Å²) in [6.45, 7) is 8.47. The lowest BCUT2D eigenvalue weighted by Gasteiger charge is -2.34. The van der Waals surface area contributed by atoms with Crippen LogP contribution in [0.4, 0.5) is 0 Å². The zero-order valence-corrected chi connectivity index (χ0v) is 14.1. The Balaban J connectivity index is 1.37. The molecule has 1 aliphatic heterocycles. The lowest BCUT2D eigenvalue weighted by atomic mass is 10.2. The van der Waals surface area contributed by atoms with Crippen molar-refractivity contribution in [2.45, 2.75) is 20.0 Å². The second-order valence-corrected chi connectivity index (χ2v) is 6.55. The summed E-state index contributed by atoms with van der Waals surface area (Å²) in [5.41, 5.74) is 4.87. The molecule has 1 fully saturated rings. The van der Waals surface area contributed by atoms with Crippen LogP contribution in [0, 0.1) is 6.92 Å². The summed E-state index contributed by atoms with van der Waals surface area (Å²) in [4.78, 5) is 13.8. The maximum atomic E-state index is 4.57. The number of nitrogens with zero attached hydrogens (tertiary/aromatic N) is 5. The lowest BCUT2D eigenvalue weighted by molar-refractivity contribution is 0.120. The fourth-order valence-corrected chi connectivity index (χ4v) is 3.40. The van der Waals surface area contributed by atoms with Gasteiger partial charge in [-0.05, 0) is 30.2 Å². The van der Waals surface area contributed by atoms with E-state index in [-0.39, 0.29) is 0 Å². The Morgan fingerprint density at radius 3 is 2.50 bits per heavy atom. The van der Waals surface area contributed by atoms with Gasteiger partial charge in [-0.25, -0.2) is 4.98 Å². The fourth-order valence-electron chi connectivity index (χ4n) is 3.40. The van der Waals surface area contributed by atoms with Crippen molar-refractivity contribution in [1.82, 2.24) is 24.2 Å². The third-order valence-electron chi connectivity index (χ3n) is 4.79. The standard InChI is InChI=1S/C19H23N5/c1-16-4-3-7-24-18(13-21-19(16)24)15-23-10-8-22(9-11-23)14-17-5-2-6-20-12-17/h2-7,12-13H,8-11,14-15H2,1H3. The van der Waals surface area contributed by atoms with E-state index < -0.39 is 0 Å². The van der Waals surface area contributed by atoms with Crippen molar-refractivity contribution in [2.75, 3.05) is 26.2 Å². The number of aryl methyl sites for hydroxylation is 1. The summed E-state index contributed by atoms with van der Waals surface area (Å²) in [7, 11) is 0. The van der Waals surface area contributed by atoms with E-state index in [1.807, 2.05) is 24.7 Å². The van der Waals surface area contributed by atoms with E-state index in [1.54, 1.807) is 0 Å². The first-order chi connectivity index (χ1) is 11.8. The zero-order chi connectivity index (χ0) is 16.4. The first-order valence-electron chi connectivity index (χ1n) is 8.55. The van der Waals surface area contributed by atoms with Crippen LogP contribution < -0.4 is 0 Å². The predicted octanol–water partition coefficient (Wildman–Crippen LogP) is 2.36. The molecule has 1 aliphatic rings. The highest BCUT2D eigenvalue weighted by Crippen LogP contribution is 2.14. The van der Waals surface area contributed by atoms with Gasteiger partial charge in [-0.15, -0.1) is 0 Å². The summed E-state index contributed by atoms with van der Waals surface area (Å²) in [6.07, 6.45) is 7.93. The average Bonchev–Trinajstić information content (AvgIpc) is 3.02. The molecule has 1 saturated heterocycles. The fraction of sp³-hybridized carbons (Fsp3) is 0.368. The van der Waals surface area contributed by atoms with Gasteiger partial charge in [-0.2, -0.15) is 0 Å². The first-order valence-corrected chi connectivity index (χ1v) is 8.55. The number of rotatable bonds is 4. The van der Waals surface area contributed by atoms with Gasteiger partial charge in [-0.1, -0.05) is 12.1 Å². The Bertz CT molecular complexity index is 803. The molecule has 0 aromatic carbocycles. The highest BCUT2D eigenvalue weighted by Gasteiger charge is 2.18. The second-order valence-electron chi connectivity index (χ2n) is 6.55. The van der Waals surface area contributed by atoms with Crippen molar-refractivity contribution in [3.05, 3.63) is 65.9 Å². The molecule has 0 bridgehead atoms. The number of pyridine rings is 2. The van der Waals surface area contributed by atoms with Crippen LogP contribution in [-0.2, 0) is 13.1 Å². The summed E-state index contributed by atoms with van der Waals surface area (Å²) >= 11 is 0. The molecule has 0 N–H and O–H groups in total. The molecular weight excluding hydrogens is 298 g/mol. The molecule has 0 spiro atoms. The van der Waals surface area contributed by atoms with Crippen LogP contribution in [-0.4, -0.2) is 50.3 Å². The van der Waals surface area contributed by atoms with Crippen LogP contribution in [0.2, 0.25) is 0 Å². The minimum absolute atomic E-state index is 0.964. The van der Waals surface area contributed by atoms with E-state index in [4.69, 9.17) is 0 Å². The number of fused-ring (bicyclic) bond motifs is 1. The SMILES string of the molecule is Cc1cccn2c(CN3CCN(Cc4cccnc4)CC3)cnc12. The summed E-state index contributed by atoms with van der Waals surface area (Å²) in [5.74, 6) is 0. The molecule has 0 atom stereocenters. The molecule has 3 aromatic heterocycles. The first kappa shape index (κ1) is 15.3. The summed E-state index contributed by atoms with van der Waals surface area (Å²) in [5, 5.41) is 0. The van der Waals surface area contributed by atoms with Gasteiger partial charge < -0.3 is 4.40 Å². The van der Waals surface area contributed by atoms with Crippen LogP contribution in [0.5, 0.6) is 0 Å². The van der Waals surface area contributed by atoms with Gasteiger partial charge >= 0.3 is 0 Å². The zero-order valence-electron chi connectivity index (χ0n) is 14.1. The van der Waals surface area contributed by atoms with Crippen LogP contribution in [0.15, 0.2) is 49.1 Å². The summed E-state index contributed by atoms with van der Waals surface area (Å²) in [6, 6.07) is 8.38. The van der Waals surface area contributed by atoms with Gasteiger partial charge in [0.2, 0.25) is 0 Å². The van der Waals surface area contributed by atoms with Crippen molar-refractivity contribution in [3.8, 4) is 0 Å². The maximum absolute atomic E-state index is 4.57. The molecule has 24 heavy (non-hydrogen) atoms. The Kier molecular flexibility index (Phi) is 4.28. The molecule has 0 radical (unpaired) electrons. The number of piperazine rings is 1. The van der Waals surface area contributed by atoms with E-state index in [0.29, 0.717) is 0 Å². The van der Waals surface area contributed by atoms with Crippen molar-refractivity contribution in [1.29, 1.82) is 0 Å². The molecule has 5 heteroatoms. The third kappa shape index (κ3) is 3.18. The summed E-state index contributed by atoms with van der Waals surface area (Å²) < 4.78 is 2.22. The Hall–Kier alpha value is -2.24. The highest BCUT2D eigenvalue weighted by molar-refractivity contribution is 5.48. The molecule has 0 aliphatic carbocycles. The number of imidazole rings is 1.